The molecule has 0 aliphatic heterocycles. The molecule has 3 rings (SSSR count). The molecule has 0 saturated heterocycles. The van der Waals surface area contributed by atoms with E-state index >= 15 is 0 Å². The van der Waals surface area contributed by atoms with Crippen LogP contribution >= 0.6 is 0 Å². The fraction of sp³-hybridized carbons (Fsp3) is 0.250. The molecule has 0 atom stereocenters. The van der Waals surface area contributed by atoms with Gasteiger partial charge < -0.3 is 0 Å². The van der Waals surface area contributed by atoms with Gasteiger partial charge in [0, 0.05) is 0 Å². The first kappa shape index (κ1) is 11.1. The molecule has 2 aromatic carbocycles. The summed E-state index contributed by atoms with van der Waals surface area (Å²) >= 11 is 0.493. The van der Waals surface area contributed by atoms with Gasteiger partial charge in [-0.2, -0.15) is 0 Å². The van der Waals surface area contributed by atoms with Crippen molar-refractivity contribution in [1.29, 1.82) is 0 Å². The molecule has 0 saturated carbocycles. The van der Waals surface area contributed by atoms with Crippen molar-refractivity contribution in [2.45, 2.75) is 26.2 Å². The number of fused-ring (bicyclic) bond motifs is 3. The zero-order valence-electron chi connectivity index (χ0n) is 10.4. The Labute approximate surface area is 108 Å². The van der Waals surface area contributed by atoms with Crippen molar-refractivity contribution in [3.8, 4) is 0 Å². The molecule has 0 radical (unpaired) electrons. The van der Waals surface area contributed by atoms with E-state index in [2.05, 4.69) is 63.2 Å². The van der Waals surface area contributed by atoms with Crippen LogP contribution < -0.4 is 0 Å². The number of benzene rings is 2. The van der Waals surface area contributed by atoms with Crippen LogP contribution in [0.4, 0.5) is 0 Å². The second kappa shape index (κ2) is 3.73. The van der Waals surface area contributed by atoms with Crippen molar-refractivity contribution < 1.29 is 0 Å². The predicted molar refractivity (Wildman–Crippen MR) is 77.1 cm³/mol. The van der Waals surface area contributed by atoms with Gasteiger partial charge in [-0.05, 0) is 0 Å². The minimum atomic E-state index is 0.250. The van der Waals surface area contributed by atoms with Crippen LogP contribution in [0.3, 0.4) is 0 Å². The van der Waals surface area contributed by atoms with Gasteiger partial charge in [0.1, 0.15) is 0 Å². The SMILES string of the molecule is CC(C)(C)c1ccc2c(c1)[se]c1ccccc12. The molecule has 0 fully saturated rings. The Morgan fingerprint density at radius 3 is 2.29 bits per heavy atom. The topological polar surface area (TPSA) is 0 Å². The molecule has 0 aliphatic carbocycles. The molecule has 0 N–H and O–H groups in total. The van der Waals surface area contributed by atoms with Crippen LogP contribution in [0.25, 0.3) is 19.3 Å². The van der Waals surface area contributed by atoms with E-state index in [1.165, 1.54) is 20.6 Å². The normalized spacial score (nSPS) is 12.4. The first-order valence-electron chi connectivity index (χ1n) is 5.97. The van der Waals surface area contributed by atoms with Crippen molar-refractivity contribution in [3.63, 3.8) is 0 Å². The fourth-order valence-electron chi connectivity index (χ4n) is 2.19. The first-order chi connectivity index (χ1) is 8.05. The van der Waals surface area contributed by atoms with Gasteiger partial charge in [-0.3, -0.25) is 0 Å². The summed E-state index contributed by atoms with van der Waals surface area (Å²) in [5, 5.41) is 2.90. The molecule has 17 heavy (non-hydrogen) atoms. The number of hydrogen-bond acceptors (Lipinski definition) is 0. The van der Waals surface area contributed by atoms with E-state index < -0.39 is 0 Å². The van der Waals surface area contributed by atoms with Crippen molar-refractivity contribution in [2.24, 2.45) is 0 Å². The van der Waals surface area contributed by atoms with Crippen LogP contribution in [-0.2, 0) is 5.41 Å². The Balaban J connectivity index is 2.34. The zero-order chi connectivity index (χ0) is 12.0. The molecule has 1 heteroatoms. The van der Waals surface area contributed by atoms with Gasteiger partial charge in [0.2, 0.25) is 0 Å². The molecule has 0 amide bonds. The first-order valence-corrected chi connectivity index (χ1v) is 7.69. The Kier molecular flexibility index (Phi) is 2.43. The molecule has 86 valence electrons. The molecular weight excluding hydrogens is 271 g/mol. The Morgan fingerprint density at radius 1 is 0.824 bits per heavy atom. The van der Waals surface area contributed by atoms with Crippen molar-refractivity contribution in [1.82, 2.24) is 0 Å². The van der Waals surface area contributed by atoms with E-state index in [9.17, 15) is 0 Å². The monoisotopic (exact) mass is 288 g/mol. The molecule has 0 spiro atoms. The Morgan fingerprint density at radius 2 is 1.53 bits per heavy atom. The maximum absolute atomic E-state index is 2.41. The standard InChI is InChI=1S/C16H16Se/c1-16(2,3)11-8-9-13-12-6-4-5-7-14(12)17-15(13)10-11/h4-10H,1-3H3. The second-order valence-electron chi connectivity index (χ2n) is 5.56. The second-order valence-corrected chi connectivity index (χ2v) is 7.83. The summed E-state index contributed by atoms with van der Waals surface area (Å²) in [4.78, 5) is 0. The minimum absolute atomic E-state index is 0.250. The maximum atomic E-state index is 2.41. The fourth-order valence-corrected chi connectivity index (χ4v) is 4.60. The third-order valence-electron chi connectivity index (χ3n) is 3.24. The van der Waals surface area contributed by atoms with Crippen LogP contribution in [0.2, 0.25) is 0 Å². The van der Waals surface area contributed by atoms with Crippen LogP contribution in [0.1, 0.15) is 26.3 Å². The summed E-state index contributed by atoms with van der Waals surface area (Å²) in [5.74, 6) is 0. The van der Waals surface area contributed by atoms with Crippen LogP contribution in [0.15, 0.2) is 42.5 Å². The Bertz CT molecular complexity index is 683. The van der Waals surface area contributed by atoms with Gasteiger partial charge in [0.15, 0.2) is 0 Å². The number of rotatable bonds is 0. The summed E-state index contributed by atoms with van der Waals surface area (Å²) in [6, 6.07) is 15.8. The van der Waals surface area contributed by atoms with Gasteiger partial charge in [-0.1, -0.05) is 0 Å². The van der Waals surface area contributed by atoms with Crippen LogP contribution in [0.5, 0.6) is 0 Å². The third-order valence-corrected chi connectivity index (χ3v) is 5.62. The van der Waals surface area contributed by atoms with Crippen LogP contribution in [0, 0.1) is 0 Å². The summed E-state index contributed by atoms with van der Waals surface area (Å²) in [7, 11) is 0. The van der Waals surface area contributed by atoms with Gasteiger partial charge in [-0.15, -0.1) is 0 Å². The van der Waals surface area contributed by atoms with Crippen molar-refractivity contribution in [2.75, 3.05) is 0 Å². The summed E-state index contributed by atoms with van der Waals surface area (Å²) in [5.41, 5.74) is 1.70. The molecule has 0 unspecified atom stereocenters. The average molecular weight is 287 g/mol. The van der Waals surface area contributed by atoms with Crippen molar-refractivity contribution >= 4 is 33.8 Å². The number of hydrogen-bond donors (Lipinski definition) is 0. The average Bonchev–Trinajstić information content (AvgIpc) is 2.65. The van der Waals surface area contributed by atoms with Gasteiger partial charge in [0.05, 0.1) is 0 Å². The van der Waals surface area contributed by atoms with Gasteiger partial charge >= 0.3 is 108 Å². The van der Waals surface area contributed by atoms with Gasteiger partial charge in [-0.25, -0.2) is 0 Å². The molecule has 3 aromatic rings. The molecule has 1 heterocycles. The van der Waals surface area contributed by atoms with Crippen molar-refractivity contribution in [3.05, 3.63) is 48.0 Å². The third kappa shape index (κ3) is 1.84. The molecule has 0 aliphatic rings. The van der Waals surface area contributed by atoms with E-state index in [4.69, 9.17) is 0 Å². The van der Waals surface area contributed by atoms with Crippen LogP contribution in [-0.4, -0.2) is 14.5 Å². The molecule has 0 bridgehead atoms. The molecule has 0 nitrogen and oxygen atoms in total. The summed E-state index contributed by atoms with van der Waals surface area (Å²) in [6.45, 7) is 6.84. The van der Waals surface area contributed by atoms with E-state index in [0.29, 0.717) is 14.5 Å². The van der Waals surface area contributed by atoms with E-state index in [1.807, 2.05) is 0 Å². The Hall–Kier alpha value is -1.04. The van der Waals surface area contributed by atoms with E-state index in [-0.39, 0.29) is 5.41 Å². The zero-order valence-corrected chi connectivity index (χ0v) is 12.2. The quantitative estimate of drug-likeness (QED) is 0.539. The van der Waals surface area contributed by atoms with E-state index in [0.717, 1.165) is 0 Å². The summed E-state index contributed by atoms with van der Waals surface area (Å²) < 4.78 is 3.08. The predicted octanol–water partition coefficient (Wildman–Crippen LogP) is 4.35. The molecule has 1 aromatic heterocycles. The van der Waals surface area contributed by atoms with Gasteiger partial charge in [0.25, 0.3) is 0 Å². The summed E-state index contributed by atoms with van der Waals surface area (Å²) in [6.07, 6.45) is 0. The molecular formula is C16H16Se. The van der Waals surface area contributed by atoms with E-state index in [1.54, 1.807) is 4.26 Å².